The topological polar surface area (TPSA) is 135 Å². The molecule has 2 heterocycles. The number of fused-ring (bicyclic) bond motifs is 2. The Hall–Kier alpha value is -3.85. The van der Waals surface area contributed by atoms with Gasteiger partial charge in [-0.05, 0) is 48.9 Å². The van der Waals surface area contributed by atoms with Gasteiger partial charge in [0.05, 0.1) is 12.7 Å². The monoisotopic (exact) mass is 545 g/mol. The van der Waals surface area contributed by atoms with E-state index in [1.54, 1.807) is 13.2 Å². The third kappa shape index (κ3) is 5.56. The minimum atomic E-state index is -1.04. The third-order valence-electron chi connectivity index (χ3n) is 7.81. The number of nitrogen functional groups attached to an aromatic ring is 1. The molecule has 0 radical (unpaired) electrons. The lowest BCUT2D eigenvalue weighted by Crippen LogP contribution is -2.49. The maximum atomic E-state index is 13.0. The Labute approximate surface area is 232 Å². The van der Waals surface area contributed by atoms with Crippen molar-refractivity contribution >= 4 is 16.7 Å². The lowest BCUT2D eigenvalue weighted by molar-refractivity contribution is -0.0595. The average molecular weight is 546 g/mol. The normalized spacial score (nSPS) is 19.2. The Morgan fingerprint density at radius 3 is 2.62 bits per heavy atom. The molecule has 8 heteroatoms. The van der Waals surface area contributed by atoms with E-state index >= 15 is 0 Å². The van der Waals surface area contributed by atoms with Crippen LogP contribution < -0.4 is 15.9 Å². The van der Waals surface area contributed by atoms with Crippen molar-refractivity contribution in [2.75, 3.05) is 19.5 Å². The molecule has 5 rings (SSSR count). The van der Waals surface area contributed by atoms with Gasteiger partial charge in [0, 0.05) is 43.3 Å². The van der Waals surface area contributed by atoms with E-state index < -0.39 is 23.2 Å². The van der Waals surface area contributed by atoms with Crippen LogP contribution in [0.5, 0.6) is 11.5 Å². The molecule has 40 heavy (non-hydrogen) atoms. The van der Waals surface area contributed by atoms with Crippen LogP contribution >= 0.6 is 0 Å². The zero-order valence-corrected chi connectivity index (χ0v) is 22.7. The second-order valence-electron chi connectivity index (χ2n) is 10.7. The number of ether oxygens (including phenoxy) is 2. The van der Waals surface area contributed by atoms with Gasteiger partial charge in [-0.25, -0.2) is 0 Å². The molecule has 0 aliphatic carbocycles. The fourth-order valence-electron chi connectivity index (χ4n) is 5.31. The summed E-state index contributed by atoms with van der Waals surface area (Å²) in [7, 11) is 1.65. The molecule has 0 saturated carbocycles. The van der Waals surface area contributed by atoms with E-state index in [0.717, 1.165) is 16.7 Å². The number of aromatic hydroxyl groups is 1. The molecule has 3 atom stereocenters. The lowest BCUT2D eigenvalue weighted by atomic mass is 9.84. The van der Waals surface area contributed by atoms with Gasteiger partial charge in [0.25, 0.3) is 0 Å². The van der Waals surface area contributed by atoms with Gasteiger partial charge < -0.3 is 34.9 Å². The maximum Gasteiger partial charge on any atom is 0.196 e. The maximum absolute atomic E-state index is 13.0. The number of benzene rings is 3. The number of anilines is 1. The van der Waals surface area contributed by atoms with E-state index in [4.69, 9.17) is 19.6 Å². The average Bonchev–Trinajstić information content (AvgIpc) is 2.93. The zero-order valence-electron chi connectivity index (χ0n) is 22.7. The Bertz CT molecular complexity index is 1570. The van der Waals surface area contributed by atoms with Crippen LogP contribution in [0.15, 0.2) is 69.9 Å². The summed E-state index contributed by atoms with van der Waals surface area (Å²) in [4.78, 5) is 13.0. The van der Waals surface area contributed by atoms with Crippen molar-refractivity contribution in [1.82, 2.24) is 0 Å². The number of aliphatic hydroxyl groups is 2. The Morgan fingerprint density at radius 2 is 1.88 bits per heavy atom. The number of aryl methyl sites for hydroxylation is 1. The van der Waals surface area contributed by atoms with Crippen LogP contribution in [0.1, 0.15) is 47.5 Å². The summed E-state index contributed by atoms with van der Waals surface area (Å²) in [6, 6.07) is 18.1. The Kier molecular flexibility index (Phi) is 7.85. The zero-order chi connectivity index (χ0) is 28.4. The highest BCUT2D eigenvalue weighted by molar-refractivity contribution is 5.87. The summed E-state index contributed by atoms with van der Waals surface area (Å²) in [6.45, 7) is 2.41. The van der Waals surface area contributed by atoms with E-state index in [0.29, 0.717) is 42.9 Å². The number of hydrogen-bond donors (Lipinski definition) is 4. The van der Waals surface area contributed by atoms with Crippen molar-refractivity contribution in [3.63, 3.8) is 0 Å². The van der Waals surface area contributed by atoms with Crippen LogP contribution in [0, 0.1) is 0 Å². The lowest BCUT2D eigenvalue weighted by Gasteiger charge is -2.40. The number of aliphatic hydroxyl groups excluding tert-OH is 2. The molecule has 1 aliphatic rings. The molecule has 3 unspecified atom stereocenters. The van der Waals surface area contributed by atoms with Gasteiger partial charge in [0.1, 0.15) is 39.9 Å². The fraction of sp³-hybridized carbons (Fsp3) is 0.344. The van der Waals surface area contributed by atoms with Gasteiger partial charge in [-0.15, -0.1) is 0 Å². The number of hydrogen-bond acceptors (Lipinski definition) is 8. The molecule has 8 nitrogen and oxygen atoms in total. The smallest absolute Gasteiger partial charge is 0.196 e. The second kappa shape index (κ2) is 11.3. The van der Waals surface area contributed by atoms with Crippen LogP contribution in [-0.4, -0.2) is 40.7 Å². The standard InChI is InChI=1S/C32H35NO7/c1-32(12-10-20-8-9-23(33)21(14-20)11-13-38-2)29(36)16-22-26(40-32)18-28-30(31(22)37)25(35)17-27(39-28)24(34)15-19-6-4-3-5-7-19/h3-9,14,17-18,24,29,34,36-37H,10-13,15-16,33H2,1-2H3. The molecule has 0 fully saturated rings. The van der Waals surface area contributed by atoms with Crippen LogP contribution in [0.4, 0.5) is 5.69 Å². The van der Waals surface area contributed by atoms with Crippen LogP contribution in [0.2, 0.25) is 0 Å². The first-order valence-electron chi connectivity index (χ1n) is 13.5. The Morgan fingerprint density at radius 1 is 1.10 bits per heavy atom. The molecule has 1 aliphatic heterocycles. The van der Waals surface area contributed by atoms with E-state index in [1.165, 1.54) is 6.07 Å². The highest BCUT2D eigenvalue weighted by atomic mass is 16.5. The van der Waals surface area contributed by atoms with Gasteiger partial charge in [-0.2, -0.15) is 0 Å². The van der Waals surface area contributed by atoms with Crippen molar-refractivity contribution in [2.24, 2.45) is 0 Å². The highest BCUT2D eigenvalue weighted by Gasteiger charge is 2.41. The van der Waals surface area contributed by atoms with Crippen molar-refractivity contribution in [3.05, 3.63) is 98.9 Å². The number of phenols is 1. The summed E-state index contributed by atoms with van der Waals surface area (Å²) in [5, 5.41) is 32.9. The van der Waals surface area contributed by atoms with Gasteiger partial charge in [-0.3, -0.25) is 4.79 Å². The number of rotatable bonds is 9. The molecule has 3 aromatic carbocycles. The highest BCUT2D eigenvalue weighted by Crippen LogP contribution is 2.43. The van der Waals surface area contributed by atoms with Gasteiger partial charge in [0.15, 0.2) is 5.43 Å². The third-order valence-corrected chi connectivity index (χ3v) is 7.81. The van der Waals surface area contributed by atoms with Gasteiger partial charge in [-0.1, -0.05) is 42.5 Å². The summed E-state index contributed by atoms with van der Waals surface area (Å²) < 4.78 is 17.4. The predicted molar refractivity (Wildman–Crippen MR) is 153 cm³/mol. The first-order valence-corrected chi connectivity index (χ1v) is 13.5. The molecular weight excluding hydrogens is 510 g/mol. The van der Waals surface area contributed by atoms with Crippen molar-refractivity contribution in [2.45, 2.75) is 56.8 Å². The van der Waals surface area contributed by atoms with Crippen LogP contribution in [0.3, 0.4) is 0 Å². The first kappa shape index (κ1) is 27.7. The predicted octanol–water partition coefficient (Wildman–Crippen LogP) is 4.23. The van der Waals surface area contributed by atoms with E-state index in [2.05, 4.69) is 6.07 Å². The molecule has 5 N–H and O–H groups in total. The van der Waals surface area contributed by atoms with Crippen LogP contribution in [0.25, 0.3) is 11.0 Å². The molecule has 0 amide bonds. The van der Waals surface area contributed by atoms with Crippen LogP contribution in [-0.2, 0) is 30.4 Å². The molecule has 210 valence electrons. The molecule has 0 bridgehead atoms. The molecule has 4 aromatic rings. The van der Waals surface area contributed by atoms with Crippen molar-refractivity contribution in [1.29, 1.82) is 0 Å². The van der Waals surface area contributed by atoms with Gasteiger partial charge >= 0.3 is 0 Å². The van der Waals surface area contributed by atoms with E-state index in [-0.39, 0.29) is 35.3 Å². The van der Waals surface area contributed by atoms with Gasteiger partial charge in [0.2, 0.25) is 0 Å². The fourth-order valence-corrected chi connectivity index (χ4v) is 5.31. The molecular formula is C32H35NO7. The minimum absolute atomic E-state index is 0.000670. The number of phenolic OH excluding ortho intramolecular Hbond substituents is 1. The van der Waals surface area contributed by atoms with E-state index in [1.807, 2.05) is 49.4 Å². The molecule has 0 saturated heterocycles. The molecule has 1 aromatic heterocycles. The number of methoxy groups -OCH3 is 1. The quantitative estimate of drug-likeness (QED) is 0.230. The largest absolute Gasteiger partial charge is 0.507 e. The first-order chi connectivity index (χ1) is 19.2. The summed E-state index contributed by atoms with van der Waals surface area (Å²) in [5.74, 6) is 0.174. The Balaban J connectivity index is 1.41. The second-order valence-corrected chi connectivity index (χ2v) is 10.7. The minimum Gasteiger partial charge on any atom is -0.507 e. The summed E-state index contributed by atoms with van der Waals surface area (Å²) in [5.41, 5.74) is 8.85. The van der Waals surface area contributed by atoms with Crippen molar-refractivity contribution in [3.8, 4) is 11.5 Å². The summed E-state index contributed by atoms with van der Waals surface area (Å²) in [6.07, 6.45) is 0.272. The van der Waals surface area contributed by atoms with E-state index in [9.17, 15) is 20.1 Å². The number of nitrogens with two attached hydrogens (primary N) is 1. The van der Waals surface area contributed by atoms with Crippen molar-refractivity contribution < 1.29 is 29.2 Å². The SMILES string of the molecule is COCCc1cc(CCC2(C)Oc3cc4oc(C(O)Cc5ccccc5)cc(=O)c4c(O)c3CC2O)ccc1N. The summed E-state index contributed by atoms with van der Waals surface area (Å²) >= 11 is 0. The molecule has 0 spiro atoms.